The zero-order valence-electron chi connectivity index (χ0n) is 21.2. The molecule has 0 saturated carbocycles. The second-order valence-electron chi connectivity index (χ2n) is 9.48. The van der Waals surface area contributed by atoms with Crippen molar-refractivity contribution in [2.75, 3.05) is 26.2 Å². The second kappa shape index (κ2) is 9.06. The van der Waals surface area contributed by atoms with E-state index in [4.69, 9.17) is 14.2 Å². The molecule has 1 unspecified atom stereocenters. The van der Waals surface area contributed by atoms with Crippen molar-refractivity contribution < 1.29 is 28.6 Å². The summed E-state index contributed by atoms with van der Waals surface area (Å²) in [4.78, 5) is 45.2. The van der Waals surface area contributed by atoms with Crippen LogP contribution in [-0.2, 0) is 9.59 Å². The average molecular weight is 511 g/mol. The van der Waals surface area contributed by atoms with Gasteiger partial charge in [0, 0.05) is 11.8 Å². The van der Waals surface area contributed by atoms with Crippen LogP contribution in [0.1, 0.15) is 27.5 Å². The van der Waals surface area contributed by atoms with Crippen LogP contribution >= 0.6 is 0 Å². The van der Waals surface area contributed by atoms with E-state index in [1.165, 1.54) is 19.1 Å². The summed E-state index contributed by atoms with van der Waals surface area (Å²) in [6.07, 6.45) is 3.77. The van der Waals surface area contributed by atoms with Gasteiger partial charge in [-0.1, -0.05) is 24.3 Å². The number of ketones is 1. The Balaban J connectivity index is 1.47. The van der Waals surface area contributed by atoms with E-state index in [1.54, 1.807) is 49.6 Å². The molecule has 3 aromatic rings. The summed E-state index contributed by atoms with van der Waals surface area (Å²) in [5.41, 5.74) is 2.72. The molecule has 8 nitrogen and oxygen atoms in total. The Morgan fingerprint density at radius 3 is 2.21 bits per heavy atom. The molecule has 0 radical (unpaired) electrons. The largest absolute Gasteiger partial charge is 0.497 e. The molecule has 2 amide bonds. The van der Waals surface area contributed by atoms with E-state index >= 15 is 0 Å². The molecular weight excluding hydrogens is 484 g/mol. The van der Waals surface area contributed by atoms with Gasteiger partial charge in [-0.25, -0.2) is 4.90 Å². The summed E-state index contributed by atoms with van der Waals surface area (Å²) in [7, 11) is 4.58. The fourth-order valence-electron chi connectivity index (χ4n) is 6.00. The van der Waals surface area contributed by atoms with Gasteiger partial charge in [-0.2, -0.15) is 0 Å². The Morgan fingerprint density at radius 1 is 0.789 bits per heavy atom. The third-order valence-corrected chi connectivity index (χ3v) is 7.73. The first kappa shape index (κ1) is 23.8. The topological polar surface area (TPSA) is 85.4 Å². The number of hydrogen-bond donors (Lipinski definition) is 0. The monoisotopic (exact) mass is 510 g/mol. The molecule has 3 aliphatic heterocycles. The number of ether oxygens (including phenoxy) is 3. The van der Waals surface area contributed by atoms with E-state index in [1.807, 2.05) is 41.4 Å². The van der Waals surface area contributed by atoms with Crippen molar-refractivity contribution in [3.8, 4) is 17.2 Å². The molecule has 0 N–H and O–H groups in total. The van der Waals surface area contributed by atoms with Gasteiger partial charge < -0.3 is 19.1 Å². The first-order valence-electron chi connectivity index (χ1n) is 12.3. The van der Waals surface area contributed by atoms with Crippen LogP contribution < -0.4 is 19.1 Å². The average Bonchev–Trinajstić information content (AvgIpc) is 3.44. The Morgan fingerprint density at radius 2 is 1.50 bits per heavy atom. The van der Waals surface area contributed by atoms with Crippen LogP contribution in [0.15, 0.2) is 72.9 Å². The summed E-state index contributed by atoms with van der Waals surface area (Å²) in [6.45, 7) is 0. The zero-order valence-corrected chi connectivity index (χ0v) is 21.2. The van der Waals surface area contributed by atoms with Gasteiger partial charge in [0.05, 0.1) is 44.9 Å². The molecule has 0 aromatic heterocycles. The van der Waals surface area contributed by atoms with Crippen molar-refractivity contribution in [3.05, 3.63) is 89.6 Å². The number of hydrogen-bond acceptors (Lipinski definition) is 7. The first-order valence-corrected chi connectivity index (χ1v) is 12.3. The number of carbonyl (C=O) groups is 3. The van der Waals surface area contributed by atoms with Gasteiger partial charge >= 0.3 is 0 Å². The summed E-state index contributed by atoms with van der Waals surface area (Å²) in [6, 6.07) is 18.2. The SMILES string of the molecule is COc1ccc(N2C(=O)[C@@H]3[C@H](C2=O)C2c4ccccc4C=CN2[C@@H]3C(=O)c2ccc(OC)c(OC)c2)cc1. The number of nitrogens with zero attached hydrogens (tertiary/aromatic N) is 2. The summed E-state index contributed by atoms with van der Waals surface area (Å²) < 4.78 is 16.0. The normalized spacial score (nSPS) is 23.1. The van der Waals surface area contributed by atoms with Gasteiger partial charge in [0.25, 0.3) is 0 Å². The van der Waals surface area contributed by atoms with Gasteiger partial charge in [0.1, 0.15) is 11.8 Å². The molecule has 0 bridgehead atoms. The smallest absolute Gasteiger partial charge is 0.240 e. The molecule has 8 heteroatoms. The van der Waals surface area contributed by atoms with Crippen molar-refractivity contribution in [1.29, 1.82) is 0 Å². The predicted octanol–water partition coefficient (Wildman–Crippen LogP) is 4.11. The van der Waals surface area contributed by atoms with Gasteiger partial charge in [-0.3, -0.25) is 14.4 Å². The quantitative estimate of drug-likeness (QED) is 0.364. The Bertz CT molecular complexity index is 1480. The number of imide groups is 1. The van der Waals surface area contributed by atoms with Gasteiger partial charge in [0.2, 0.25) is 11.8 Å². The third kappa shape index (κ3) is 3.40. The maximum Gasteiger partial charge on any atom is 0.240 e. The van der Waals surface area contributed by atoms with Crippen LogP contribution in [0.3, 0.4) is 0 Å². The minimum atomic E-state index is -0.868. The minimum absolute atomic E-state index is 0.259. The lowest BCUT2D eigenvalue weighted by Gasteiger charge is -2.35. The third-order valence-electron chi connectivity index (χ3n) is 7.73. The number of methoxy groups -OCH3 is 3. The molecule has 2 fully saturated rings. The highest BCUT2D eigenvalue weighted by atomic mass is 16.5. The minimum Gasteiger partial charge on any atom is -0.497 e. The molecule has 38 heavy (non-hydrogen) atoms. The Hall–Kier alpha value is -4.59. The highest BCUT2D eigenvalue weighted by Gasteiger charge is 2.64. The van der Waals surface area contributed by atoms with Crippen molar-refractivity contribution >= 4 is 29.4 Å². The van der Waals surface area contributed by atoms with Crippen molar-refractivity contribution in [2.24, 2.45) is 11.8 Å². The standard InChI is InChI=1S/C30H26N2O6/c1-36-20-11-9-19(10-12-20)32-29(34)24-25(30(32)35)27(28(33)18-8-13-22(37-2)23(16-18)38-3)31-15-14-17-6-4-5-7-21(17)26(24)31/h4-16,24-27H,1-3H3/t24-,25+,26?,27-/m0/s1. The number of benzene rings is 3. The molecule has 192 valence electrons. The molecule has 2 saturated heterocycles. The van der Waals surface area contributed by atoms with E-state index in [0.29, 0.717) is 28.5 Å². The summed E-state index contributed by atoms with van der Waals surface area (Å²) >= 11 is 0. The first-order chi connectivity index (χ1) is 18.5. The number of anilines is 1. The lowest BCUT2D eigenvalue weighted by molar-refractivity contribution is -0.123. The molecular formula is C30H26N2O6. The predicted molar refractivity (Wildman–Crippen MR) is 140 cm³/mol. The molecule has 3 aromatic carbocycles. The van der Waals surface area contributed by atoms with Crippen LogP contribution in [0.25, 0.3) is 6.08 Å². The highest BCUT2D eigenvalue weighted by molar-refractivity contribution is 6.24. The molecule has 6 rings (SSSR count). The highest BCUT2D eigenvalue weighted by Crippen LogP contribution is 2.53. The number of fused-ring (bicyclic) bond motifs is 5. The van der Waals surface area contributed by atoms with E-state index in [-0.39, 0.29) is 17.6 Å². The Kier molecular flexibility index (Phi) is 5.67. The van der Waals surface area contributed by atoms with Crippen LogP contribution in [0.5, 0.6) is 17.2 Å². The van der Waals surface area contributed by atoms with Crippen LogP contribution in [-0.4, -0.2) is 49.9 Å². The zero-order chi connectivity index (χ0) is 26.6. The second-order valence-corrected chi connectivity index (χ2v) is 9.48. The maximum atomic E-state index is 14.1. The van der Waals surface area contributed by atoms with Crippen LogP contribution in [0.4, 0.5) is 5.69 Å². The fourth-order valence-corrected chi connectivity index (χ4v) is 6.00. The van der Waals surface area contributed by atoms with Crippen LogP contribution in [0, 0.1) is 11.8 Å². The van der Waals surface area contributed by atoms with E-state index in [2.05, 4.69) is 0 Å². The lowest BCUT2D eigenvalue weighted by Crippen LogP contribution is -2.44. The van der Waals surface area contributed by atoms with Gasteiger partial charge in [-0.05, 0) is 59.7 Å². The number of carbonyl (C=O) groups excluding carboxylic acids is 3. The summed E-state index contributed by atoms with van der Waals surface area (Å²) in [5.74, 6) is -1.00. The number of Topliss-reactive ketones (excluding diaryl/α,β-unsaturated/α-hetero) is 1. The van der Waals surface area contributed by atoms with Crippen molar-refractivity contribution in [2.45, 2.75) is 12.1 Å². The van der Waals surface area contributed by atoms with Crippen molar-refractivity contribution in [1.82, 2.24) is 4.90 Å². The van der Waals surface area contributed by atoms with Crippen molar-refractivity contribution in [3.63, 3.8) is 0 Å². The van der Waals surface area contributed by atoms with E-state index in [9.17, 15) is 14.4 Å². The van der Waals surface area contributed by atoms with Gasteiger partial charge in [-0.15, -0.1) is 0 Å². The summed E-state index contributed by atoms with van der Waals surface area (Å²) in [5, 5.41) is 0. The molecule has 0 spiro atoms. The van der Waals surface area contributed by atoms with Gasteiger partial charge in [0.15, 0.2) is 17.3 Å². The number of amides is 2. The number of rotatable bonds is 6. The van der Waals surface area contributed by atoms with E-state index in [0.717, 1.165) is 11.1 Å². The molecule has 3 heterocycles. The molecule has 4 atom stereocenters. The lowest BCUT2D eigenvalue weighted by atomic mass is 9.83. The molecule has 0 aliphatic carbocycles. The maximum absolute atomic E-state index is 14.1. The Labute approximate surface area is 220 Å². The van der Waals surface area contributed by atoms with Crippen LogP contribution in [0.2, 0.25) is 0 Å². The molecule has 3 aliphatic rings. The van der Waals surface area contributed by atoms with E-state index < -0.39 is 23.9 Å². The fraction of sp³-hybridized carbons (Fsp3) is 0.233.